The van der Waals surface area contributed by atoms with Crippen LogP contribution in [0.15, 0.2) is 54.9 Å². The van der Waals surface area contributed by atoms with Crippen molar-refractivity contribution in [2.75, 3.05) is 37.0 Å². The lowest BCUT2D eigenvalue weighted by Crippen LogP contribution is -2.50. The molecule has 0 spiro atoms. The molecular formula is C22H21F3N6O3. The normalized spacial score (nSPS) is 13.7. The molecule has 0 radical (unpaired) electrons. The number of carbonyl (C=O) groups is 1. The van der Waals surface area contributed by atoms with Crippen LogP contribution >= 0.6 is 0 Å². The van der Waals surface area contributed by atoms with E-state index >= 15 is 0 Å². The number of nitrogens with one attached hydrogen (secondary N) is 2. The third-order valence-corrected chi connectivity index (χ3v) is 4.95. The van der Waals surface area contributed by atoms with Crippen LogP contribution in [0.4, 0.5) is 30.8 Å². The number of benzene rings is 2. The Morgan fingerprint density at radius 3 is 2.56 bits per heavy atom. The first-order valence-corrected chi connectivity index (χ1v) is 10.3. The van der Waals surface area contributed by atoms with E-state index in [4.69, 9.17) is 4.74 Å². The van der Waals surface area contributed by atoms with E-state index < -0.39 is 6.36 Å². The van der Waals surface area contributed by atoms with Gasteiger partial charge >= 0.3 is 6.36 Å². The summed E-state index contributed by atoms with van der Waals surface area (Å²) in [5.74, 6) is 1.03. The summed E-state index contributed by atoms with van der Waals surface area (Å²) >= 11 is 0. The molecule has 0 atom stereocenters. The number of hydrogen-bond acceptors (Lipinski definition) is 8. The van der Waals surface area contributed by atoms with Gasteiger partial charge in [-0.2, -0.15) is 4.98 Å². The Morgan fingerprint density at radius 2 is 1.85 bits per heavy atom. The van der Waals surface area contributed by atoms with E-state index in [1.807, 2.05) is 4.90 Å². The second-order valence-corrected chi connectivity index (χ2v) is 7.50. The zero-order chi connectivity index (χ0) is 24.1. The Balaban J connectivity index is 1.27. The Labute approximate surface area is 192 Å². The first-order chi connectivity index (χ1) is 16.3. The Morgan fingerprint density at radius 1 is 1.12 bits per heavy atom. The van der Waals surface area contributed by atoms with Crippen LogP contribution < -0.4 is 25.0 Å². The monoisotopic (exact) mass is 474 g/mol. The molecule has 4 rings (SSSR count). The zero-order valence-electron chi connectivity index (χ0n) is 18.0. The summed E-state index contributed by atoms with van der Waals surface area (Å²) in [6.07, 6.45) is -3.32. The van der Waals surface area contributed by atoms with Crippen LogP contribution in [-0.2, 0) is 0 Å². The van der Waals surface area contributed by atoms with E-state index in [9.17, 15) is 18.0 Å². The van der Waals surface area contributed by atoms with Gasteiger partial charge in [-0.3, -0.25) is 4.79 Å². The molecule has 0 aliphatic carbocycles. The molecule has 9 nitrogen and oxygen atoms in total. The van der Waals surface area contributed by atoms with E-state index in [1.54, 1.807) is 31.3 Å². The number of aromatic nitrogens is 3. The van der Waals surface area contributed by atoms with Crippen molar-refractivity contribution in [1.29, 1.82) is 0 Å². The average molecular weight is 474 g/mol. The summed E-state index contributed by atoms with van der Waals surface area (Å²) in [5, 5.41) is 5.64. The van der Waals surface area contributed by atoms with Crippen molar-refractivity contribution in [3.05, 3.63) is 60.4 Å². The molecule has 0 bridgehead atoms. The highest BCUT2D eigenvalue weighted by Crippen LogP contribution is 2.26. The van der Waals surface area contributed by atoms with Gasteiger partial charge < -0.3 is 25.0 Å². The van der Waals surface area contributed by atoms with Gasteiger partial charge in [0.1, 0.15) is 17.8 Å². The third kappa shape index (κ3) is 6.03. The lowest BCUT2D eigenvalue weighted by atomic mass is 10.0. The van der Waals surface area contributed by atoms with Crippen LogP contribution in [0.3, 0.4) is 0 Å². The first-order valence-electron chi connectivity index (χ1n) is 10.3. The zero-order valence-corrected chi connectivity index (χ0v) is 18.0. The highest BCUT2D eigenvalue weighted by Gasteiger charge is 2.31. The van der Waals surface area contributed by atoms with Crippen molar-refractivity contribution >= 4 is 23.5 Å². The molecule has 34 heavy (non-hydrogen) atoms. The van der Waals surface area contributed by atoms with Crippen LogP contribution in [0.25, 0.3) is 0 Å². The molecule has 1 amide bonds. The molecule has 2 N–H and O–H groups in total. The molecule has 1 fully saturated rings. The van der Waals surface area contributed by atoms with Crippen molar-refractivity contribution < 1.29 is 27.4 Å². The van der Waals surface area contributed by atoms with E-state index in [-0.39, 0.29) is 17.6 Å². The van der Waals surface area contributed by atoms with Gasteiger partial charge in [-0.25, -0.2) is 9.97 Å². The largest absolute Gasteiger partial charge is 0.573 e. The van der Waals surface area contributed by atoms with Gasteiger partial charge in [0.25, 0.3) is 5.91 Å². The predicted molar refractivity (Wildman–Crippen MR) is 117 cm³/mol. The SMILES string of the molecule is CNC(=O)c1cccc(Nc2ncnc(N3CC(COc4ccc(OC(F)(F)F)cc4)C3)n2)c1. The average Bonchev–Trinajstić information content (AvgIpc) is 2.78. The molecular weight excluding hydrogens is 453 g/mol. The number of nitrogens with zero attached hydrogens (tertiary/aromatic N) is 4. The van der Waals surface area contributed by atoms with Gasteiger partial charge in [0.2, 0.25) is 11.9 Å². The summed E-state index contributed by atoms with van der Waals surface area (Å²) in [6, 6.07) is 12.2. The smallest absolute Gasteiger partial charge is 0.493 e. The van der Waals surface area contributed by atoms with Crippen LogP contribution in [-0.4, -0.2) is 54.0 Å². The van der Waals surface area contributed by atoms with Crippen LogP contribution in [0.5, 0.6) is 11.5 Å². The number of halogens is 3. The van der Waals surface area contributed by atoms with Crippen molar-refractivity contribution in [3.8, 4) is 11.5 Å². The molecule has 2 heterocycles. The predicted octanol–water partition coefficient (Wildman–Crippen LogP) is 3.39. The molecule has 1 aromatic heterocycles. The fourth-order valence-electron chi connectivity index (χ4n) is 3.30. The quantitative estimate of drug-likeness (QED) is 0.513. The number of carbonyl (C=O) groups excluding carboxylic acids is 1. The van der Waals surface area contributed by atoms with Gasteiger partial charge in [-0.1, -0.05) is 6.07 Å². The molecule has 12 heteroatoms. The number of hydrogen-bond donors (Lipinski definition) is 2. The number of amides is 1. The van der Waals surface area contributed by atoms with Crippen LogP contribution in [0.1, 0.15) is 10.4 Å². The van der Waals surface area contributed by atoms with E-state index in [2.05, 4.69) is 30.3 Å². The summed E-state index contributed by atoms with van der Waals surface area (Å²) in [7, 11) is 1.56. The number of ether oxygens (including phenoxy) is 2. The van der Waals surface area contributed by atoms with E-state index in [0.29, 0.717) is 48.6 Å². The lowest BCUT2D eigenvalue weighted by Gasteiger charge is -2.38. The molecule has 1 aliphatic heterocycles. The Kier molecular flexibility index (Phi) is 6.66. The Hall–Kier alpha value is -4.09. The fourth-order valence-corrected chi connectivity index (χ4v) is 3.30. The lowest BCUT2D eigenvalue weighted by molar-refractivity contribution is -0.274. The van der Waals surface area contributed by atoms with Crippen LogP contribution in [0.2, 0.25) is 0 Å². The van der Waals surface area contributed by atoms with Crippen molar-refractivity contribution in [2.45, 2.75) is 6.36 Å². The Bertz CT molecular complexity index is 1140. The maximum atomic E-state index is 12.2. The first kappa shape index (κ1) is 23.1. The highest BCUT2D eigenvalue weighted by atomic mass is 19.4. The van der Waals surface area contributed by atoms with Crippen LogP contribution in [0, 0.1) is 5.92 Å². The minimum Gasteiger partial charge on any atom is -0.493 e. The maximum Gasteiger partial charge on any atom is 0.573 e. The minimum absolute atomic E-state index is 0.195. The van der Waals surface area contributed by atoms with E-state index in [1.165, 1.54) is 30.6 Å². The van der Waals surface area contributed by atoms with Gasteiger partial charge in [0.05, 0.1) is 6.61 Å². The summed E-state index contributed by atoms with van der Waals surface area (Å²) in [6.45, 7) is 1.72. The maximum absolute atomic E-state index is 12.2. The van der Waals surface area contributed by atoms with Gasteiger partial charge in [-0.05, 0) is 42.5 Å². The van der Waals surface area contributed by atoms with Crippen molar-refractivity contribution in [1.82, 2.24) is 20.3 Å². The van der Waals surface area contributed by atoms with Gasteiger partial charge in [-0.15, -0.1) is 13.2 Å². The molecule has 1 aliphatic rings. The summed E-state index contributed by atoms with van der Waals surface area (Å²) in [5.41, 5.74) is 1.18. The highest BCUT2D eigenvalue weighted by molar-refractivity contribution is 5.95. The molecule has 1 saturated heterocycles. The molecule has 0 unspecified atom stereocenters. The summed E-state index contributed by atoms with van der Waals surface area (Å²) in [4.78, 5) is 26.5. The molecule has 178 valence electrons. The van der Waals surface area contributed by atoms with Gasteiger partial charge in [0, 0.05) is 37.3 Å². The fraction of sp³-hybridized carbons (Fsp3) is 0.273. The minimum atomic E-state index is -4.72. The third-order valence-electron chi connectivity index (χ3n) is 4.95. The van der Waals surface area contributed by atoms with Crippen molar-refractivity contribution in [3.63, 3.8) is 0 Å². The molecule has 0 saturated carbocycles. The van der Waals surface area contributed by atoms with E-state index in [0.717, 1.165) is 0 Å². The second kappa shape index (κ2) is 9.81. The number of rotatable bonds is 8. The second-order valence-electron chi connectivity index (χ2n) is 7.50. The molecule has 3 aromatic rings. The molecule has 2 aromatic carbocycles. The van der Waals surface area contributed by atoms with Gasteiger partial charge in [0.15, 0.2) is 0 Å². The summed E-state index contributed by atoms with van der Waals surface area (Å²) < 4.78 is 46.2. The standard InChI is InChI=1S/C22H21F3N6O3/c1-26-19(32)15-3-2-4-16(9-15)29-20-27-13-28-21(30-20)31-10-14(11-31)12-33-17-5-7-18(8-6-17)34-22(23,24)25/h2-9,13-14H,10-12H2,1H3,(H,26,32)(H,27,28,29,30). The number of anilines is 3. The number of alkyl halides is 3. The topological polar surface area (TPSA) is 102 Å². The van der Waals surface area contributed by atoms with Crippen molar-refractivity contribution in [2.24, 2.45) is 5.92 Å².